The van der Waals surface area contributed by atoms with Gasteiger partial charge in [0.1, 0.15) is 24.7 Å². The lowest BCUT2D eigenvalue weighted by atomic mass is 10.2. The molecule has 2 aromatic carbocycles. The summed E-state index contributed by atoms with van der Waals surface area (Å²) < 4.78 is 12.7. The first kappa shape index (κ1) is 22.9. The van der Waals surface area contributed by atoms with E-state index in [0.29, 0.717) is 19.0 Å². The topological polar surface area (TPSA) is 85.7 Å². The van der Waals surface area contributed by atoms with Gasteiger partial charge in [0.05, 0.1) is 19.6 Å². The normalized spacial score (nSPS) is 10.4. The van der Waals surface area contributed by atoms with Crippen LogP contribution < -0.4 is 14.8 Å². The van der Waals surface area contributed by atoms with Crippen molar-refractivity contribution >= 4 is 17.6 Å². The fourth-order valence-electron chi connectivity index (χ4n) is 2.82. The number of nitrogens with zero attached hydrogens (tertiary/aromatic N) is 3. The second-order valence-corrected chi connectivity index (χ2v) is 7.34. The van der Waals surface area contributed by atoms with Gasteiger partial charge < -0.3 is 19.7 Å². The van der Waals surface area contributed by atoms with E-state index in [4.69, 9.17) is 9.47 Å². The molecule has 32 heavy (non-hydrogen) atoms. The molecule has 3 rings (SSSR count). The molecule has 2 amide bonds. The van der Waals surface area contributed by atoms with Gasteiger partial charge in [-0.25, -0.2) is 0 Å². The molecule has 8 nitrogen and oxygen atoms in total. The number of likely N-dealkylation sites (N-methyl/N-ethyl adjacent to an activating group) is 1. The van der Waals surface area contributed by atoms with Crippen LogP contribution in [0.15, 0.2) is 66.9 Å². The summed E-state index contributed by atoms with van der Waals surface area (Å²) in [5.41, 5.74) is 1.17. The molecular weight excluding hydrogens is 408 g/mol. The Kier molecular flexibility index (Phi) is 8.25. The first-order valence-electron chi connectivity index (χ1n) is 10.4. The Morgan fingerprint density at radius 2 is 1.66 bits per heavy atom. The van der Waals surface area contributed by atoms with Crippen molar-refractivity contribution < 1.29 is 19.1 Å². The smallest absolute Gasteiger partial charge is 0.244 e. The molecule has 0 aliphatic heterocycles. The van der Waals surface area contributed by atoms with Gasteiger partial charge >= 0.3 is 0 Å². The number of nitrogens with one attached hydrogen (secondary N) is 1. The summed E-state index contributed by atoms with van der Waals surface area (Å²) >= 11 is 0. The number of amides is 2. The van der Waals surface area contributed by atoms with Gasteiger partial charge in [0.2, 0.25) is 11.8 Å². The molecule has 0 radical (unpaired) electrons. The van der Waals surface area contributed by atoms with Crippen LogP contribution in [0.2, 0.25) is 0 Å². The molecule has 1 heterocycles. The zero-order chi connectivity index (χ0) is 22.8. The number of ether oxygens (including phenoxy) is 2. The van der Waals surface area contributed by atoms with Crippen molar-refractivity contribution in [2.45, 2.75) is 19.9 Å². The van der Waals surface area contributed by atoms with Crippen LogP contribution in [0.4, 0.5) is 5.82 Å². The van der Waals surface area contributed by atoms with E-state index in [1.165, 1.54) is 10.2 Å². The number of hydrogen-bond donors (Lipinski definition) is 1. The quantitative estimate of drug-likeness (QED) is 0.499. The van der Waals surface area contributed by atoms with Crippen LogP contribution in [0.3, 0.4) is 0 Å². The van der Waals surface area contributed by atoms with Crippen molar-refractivity contribution in [2.75, 3.05) is 32.1 Å². The number of aromatic nitrogens is 2. The Labute approximate surface area is 187 Å². The lowest BCUT2D eigenvalue weighted by molar-refractivity contribution is -0.131. The van der Waals surface area contributed by atoms with E-state index >= 15 is 0 Å². The predicted molar refractivity (Wildman–Crippen MR) is 122 cm³/mol. The average molecular weight is 437 g/mol. The predicted octanol–water partition coefficient (Wildman–Crippen LogP) is 3.14. The van der Waals surface area contributed by atoms with Crippen LogP contribution in [0.5, 0.6) is 11.5 Å². The lowest BCUT2D eigenvalue weighted by Crippen LogP contribution is -2.33. The third-order valence-corrected chi connectivity index (χ3v) is 4.69. The number of carbonyl (C=O) groups is 2. The Morgan fingerprint density at radius 1 is 0.969 bits per heavy atom. The van der Waals surface area contributed by atoms with Gasteiger partial charge in [-0.3, -0.25) is 14.3 Å². The largest absolute Gasteiger partial charge is 0.493 e. The highest BCUT2D eigenvalue weighted by molar-refractivity contribution is 5.89. The number of hydrogen-bond acceptors (Lipinski definition) is 5. The van der Waals surface area contributed by atoms with E-state index in [0.717, 1.165) is 11.5 Å². The Balaban J connectivity index is 1.36. The van der Waals surface area contributed by atoms with E-state index in [9.17, 15) is 9.59 Å². The van der Waals surface area contributed by atoms with Crippen LogP contribution in [-0.4, -0.2) is 53.3 Å². The number of benzene rings is 2. The highest BCUT2D eigenvalue weighted by Crippen LogP contribution is 2.11. The van der Waals surface area contributed by atoms with E-state index in [1.54, 1.807) is 24.2 Å². The van der Waals surface area contributed by atoms with Crippen molar-refractivity contribution in [1.82, 2.24) is 14.7 Å². The van der Waals surface area contributed by atoms with Crippen LogP contribution in [0.25, 0.3) is 0 Å². The van der Waals surface area contributed by atoms with E-state index in [2.05, 4.69) is 10.4 Å². The average Bonchev–Trinajstić information content (AvgIpc) is 3.22. The molecule has 168 valence electrons. The van der Waals surface area contributed by atoms with Crippen LogP contribution >= 0.6 is 0 Å². The van der Waals surface area contributed by atoms with Crippen LogP contribution in [-0.2, 0) is 16.1 Å². The fourth-order valence-corrected chi connectivity index (χ4v) is 2.82. The monoisotopic (exact) mass is 436 g/mol. The number of anilines is 1. The van der Waals surface area contributed by atoms with Crippen molar-refractivity contribution in [2.24, 2.45) is 0 Å². The second-order valence-electron chi connectivity index (χ2n) is 7.34. The van der Waals surface area contributed by atoms with Gasteiger partial charge in [-0.1, -0.05) is 35.9 Å². The molecule has 0 fully saturated rings. The van der Waals surface area contributed by atoms with Gasteiger partial charge in [0.25, 0.3) is 0 Å². The van der Waals surface area contributed by atoms with E-state index < -0.39 is 0 Å². The summed E-state index contributed by atoms with van der Waals surface area (Å²) in [6, 6.07) is 18.7. The maximum atomic E-state index is 12.4. The molecule has 0 aliphatic rings. The van der Waals surface area contributed by atoms with Crippen molar-refractivity contribution in [3.63, 3.8) is 0 Å². The SMILES string of the molecule is Cc1ccc(OCCN(C)C(=O)Cn2ccc(NC(=O)CCOc3ccccc3)n2)cc1. The van der Waals surface area contributed by atoms with Gasteiger partial charge in [0.15, 0.2) is 5.82 Å². The number of carbonyl (C=O) groups excluding carboxylic acids is 2. The summed E-state index contributed by atoms with van der Waals surface area (Å²) in [6.45, 7) is 3.22. The van der Waals surface area contributed by atoms with Crippen molar-refractivity contribution in [1.29, 1.82) is 0 Å². The molecule has 0 spiro atoms. The third kappa shape index (κ3) is 7.46. The summed E-state index contributed by atoms with van der Waals surface area (Å²) in [5.74, 6) is 1.58. The molecule has 0 atom stereocenters. The first-order chi connectivity index (χ1) is 15.5. The Hall–Kier alpha value is -3.81. The molecule has 1 aromatic heterocycles. The Bertz CT molecular complexity index is 1000. The number of para-hydroxylation sites is 1. The third-order valence-electron chi connectivity index (χ3n) is 4.69. The van der Waals surface area contributed by atoms with Gasteiger partial charge in [0, 0.05) is 19.3 Å². The van der Waals surface area contributed by atoms with Crippen molar-refractivity contribution in [3.05, 3.63) is 72.4 Å². The highest BCUT2D eigenvalue weighted by Gasteiger charge is 2.12. The van der Waals surface area contributed by atoms with Crippen molar-refractivity contribution in [3.8, 4) is 11.5 Å². The Morgan fingerprint density at radius 3 is 2.41 bits per heavy atom. The second kappa shape index (κ2) is 11.5. The van der Waals surface area contributed by atoms with Gasteiger partial charge in [-0.15, -0.1) is 0 Å². The zero-order valence-corrected chi connectivity index (χ0v) is 18.4. The van der Waals surface area contributed by atoms with Crippen LogP contribution in [0.1, 0.15) is 12.0 Å². The summed E-state index contributed by atoms with van der Waals surface area (Å²) in [4.78, 5) is 26.1. The maximum absolute atomic E-state index is 12.4. The number of aryl methyl sites for hydroxylation is 1. The summed E-state index contributed by atoms with van der Waals surface area (Å²) in [5, 5.41) is 6.95. The molecular formula is C24H28N4O4. The number of rotatable bonds is 11. The first-order valence-corrected chi connectivity index (χ1v) is 10.4. The minimum Gasteiger partial charge on any atom is -0.493 e. The van der Waals surface area contributed by atoms with E-state index in [-0.39, 0.29) is 31.4 Å². The minimum absolute atomic E-state index is 0.0774. The summed E-state index contributed by atoms with van der Waals surface area (Å²) in [7, 11) is 1.72. The zero-order valence-electron chi connectivity index (χ0n) is 18.4. The molecule has 0 aliphatic carbocycles. The molecule has 0 saturated carbocycles. The lowest BCUT2D eigenvalue weighted by Gasteiger charge is -2.17. The minimum atomic E-state index is -0.206. The van der Waals surface area contributed by atoms with Gasteiger partial charge in [-0.05, 0) is 31.2 Å². The molecule has 8 heteroatoms. The molecule has 1 N–H and O–H groups in total. The molecule has 0 unspecified atom stereocenters. The molecule has 0 saturated heterocycles. The summed E-state index contributed by atoms with van der Waals surface area (Å²) in [6.07, 6.45) is 1.86. The van der Waals surface area contributed by atoms with E-state index in [1.807, 2.05) is 61.5 Å². The van der Waals surface area contributed by atoms with Gasteiger partial charge in [-0.2, -0.15) is 5.10 Å². The van der Waals surface area contributed by atoms with Crippen LogP contribution in [0, 0.1) is 6.92 Å². The maximum Gasteiger partial charge on any atom is 0.244 e. The highest BCUT2D eigenvalue weighted by atomic mass is 16.5. The standard InChI is InChI=1S/C24H28N4O4/c1-19-8-10-21(11-9-19)32-17-15-27(2)24(30)18-28-14-12-22(26-28)25-23(29)13-16-31-20-6-4-3-5-7-20/h3-12,14H,13,15-18H2,1-2H3,(H,25,26,29). The molecule has 3 aromatic rings. The fraction of sp³-hybridized carbons (Fsp3) is 0.292. The molecule has 0 bridgehead atoms.